The highest BCUT2D eigenvalue weighted by Crippen LogP contribution is 2.26. The van der Waals surface area contributed by atoms with E-state index >= 15 is 0 Å². The Morgan fingerprint density at radius 3 is 2.88 bits per heavy atom. The van der Waals surface area contributed by atoms with Gasteiger partial charge < -0.3 is 19.9 Å². The second kappa shape index (κ2) is 7.96. The van der Waals surface area contributed by atoms with Gasteiger partial charge in [-0.2, -0.15) is 0 Å². The number of carbonyl (C=O) groups is 2. The number of rotatable bonds is 6. The molecule has 1 atom stereocenters. The zero-order chi connectivity index (χ0) is 16.9. The van der Waals surface area contributed by atoms with Crippen LogP contribution in [0.25, 0.3) is 0 Å². The molecule has 24 heavy (non-hydrogen) atoms. The van der Waals surface area contributed by atoms with Gasteiger partial charge in [-0.3, -0.25) is 9.69 Å². The Hall–Kier alpha value is -1.64. The molecule has 3 rings (SSSR count). The summed E-state index contributed by atoms with van der Waals surface area (Å²) < 4.78 is 5.32. The van der Waals surface area contributed by atoms with E-state index in [9.17, 15) is 9.59 Å². The first-order valence-electron chi connectivity index (χ1n) is 8.31. The van der Waals surface area contributed by atoms with Crippen molar-refractivity contribution in [1.82, 2.24) is 15.1 Å². The second-order valence-corrected chi connectivity index (χ2v) is 7.19. The van der Waals surface area contributed by atoms with Gasteiger partial charge in [0.1, 0.15) is 11.1 Å². The number of carbonyl (C=O) groups excluding carboxylic acids is 2. The van der Waals surface area contributed by atoms with Gasteiger partial charge in [-0.15, -0.1) is 11.3 Å². The number of cyclic esters (lactones) is 1. The molecule has 0 aromatic carbocycles. The molecule has 132 valence electrons. The third kappa shape index (κ3) is 4.46. The van der Waals surface area contributed by atoms with Crippen LogP contribution >= 0.6 is 11.3 Å². The highest BCUT2D eigenvalue weighted by Gasteiger charge is 2.32. The molecule has 2 aliphatic heterocycles. The van der Waals surface area contributed by atoms with Gasteiger partial charge in [-0.05, 0) is 24.6 Å². The lowest BCUT2D eigenvalue weighted by molar-refractivity contribution is -0.121. The highest BCUT2D eigenvalue weighted by atomic mass is 32.1. The van der Waals surface area contributed by atoms with E-state index in [-0.39, 0.29) is 18.1 Å². The van der Waals surface area contributed by atoms with Crippen LogP contribution in [0.15, 0.2) is 17.5 Å². The molecule has 7 nitrogen and oxygen atoms in total. The van der Waals surface area contributed by atoms with E-state index < -0.39 is 0 Å². The molecule has 1 aromatic rings. The average molecular weight is 352 g/mol. The molecular weight excluding hydrogens is 328 g/mol. The lowest BCUT2D eigenvalue weighted by atomic mass is 10.3. The van der Waals surface area contributed by atoms with Gasteiger partial charge in [-0.1, -0.05) is 0 Å². The third-order valence-corrected chi connectivity index (χ3v) is 5.32. The summed E-state index contributed by atoms with van der Waals surface area (Å²) in [7, 11) is 2.12. The Morgan fingerprint density at radius 2 is 2.17 bits per heavy atom. The molecule has 3 heterocycles. The highest BCUT2D eigenvalue weighted by molar-refractivity contribution is 7.14. The van der Waals surface area contributed by atoms with Crippen LogP contribution in [-0.2, 0) is 9.53 Å². The van der Waals surface area contributed by atoms with Crippen molar-refractivity contribution in [1.29, 1.82) is 0 Å². The Kier molecular flexibility index (Phi) is 5.70. The zero-order valence-corrected chi connectivity index (χ0v) is 14.8. The summed E-state index contributed by atoms with van der Waals surface area (Å²) >= 11 is 1.50. The van der Waals surface area contributed by atoms with Gasteiger partial charge in [-0.25, -0.2) is 4.79 Å². The molecule has 1 aromatic heterocycles. The van der Waals surface area contributed by atoms with Crippen molar-refractivity contribution < 1.29 is 14.3 Å². The van der Waals surface area contributed by atoms with E-state index in [4.69, 9.17) is 4.74 Å². The van der Waals surface area contributed by atoms with Crippen molar-refractivity contribution in [2.24, 2.45) is 0 Å². The second-order valence-electron chi connectivity index (χ2n) is 6.27. The number of nitrogens with zero attached hydrogens (tertiary/aromatic N) is 3. The van der Waals surface area contributed by atoms with E-state index in [0.29, 0.717) is 19.5 Å². The summed E-state index contributed by atoms with van der Waals surface area (Å²) in [6.45, 7) is 5.77. The van der Waals surface area contributed by atoms with Crippen molar-refractivity contribution in [2.45, 2.75) is 12.5 Å². The van der Waals surface area contributed by atoms with Gasteiger partial charge in [0.05, 0.1) is 13.1 Å². The molecule has 1 unspecified atom stereocenters. The fraction of sp³-hybridized carbons (Fsp3) is 0.625. The number of anilines is 1. The van der Waals surface area contributed by atoms with E-state index in [1.165, 1.54) is 11.3 Å². The molecule has 0 aliphatic carbocycles. The largest absolute Gasteiger partial charge is 0.442 e. The smallest absolute Gasteiger partial charge is 0.415 e. The van der Waals surface area contributed by atoms with Gasteiger partial charge in [0.2, 0.25) is 5.91 Å². The van der Waals surface area contributed by atoms with E-state index in [1.54, 1.807) is 4.90 Å². The minimum Gasteiger partial charge on any atom is -0.442 e. The third-order valence-electron chi connectivity index (χ3n) is 4.42. The van der Waals surface area contributed by atoms with Gasteiger partial charge >= 0.3 is 6.09 Å². The topological polar surface area (TPSA) is 65.1 Å². The normalized spacial score (nSPS) is 22.6. The minimum absolute atomic E-state index is 0.0135. The first-order chi connectivity index (χ1) is 11.6. The molecule has 0 spiro atoms. The number of thiophene rings is 1. The maximum atomic E-state index is 12.0. The summed E-state index contributed by atoms with van der Waals surface area (Å²) in [4.78, 5) is 30.1. The number of hydrogen-bond donors (Lipinski definition) is 1. The average Bonchev–Trinajstić information content (AvgIpc) is 3.21. The number of amides is 2. The van der Waals surface area contributed by atoms with E-state index in [2.05, 4.69) is 22.2 Å². The standard InChI is InChI=1S/C16H24N4O3S/c1-18-6-8-19(9-7-18)5-4-14(21)17-11-13-12-20(16(22)23-13)15-3-2-10-24-15/h2-3,10,13H,4-9,11-12H2,1H3,(H,17,21). The van der Waals surface area contributed by atoms with Crippen molar-refractivity contribution in [3.63, 3.8) is 0 Å². The van der Waals surface area contributed by atoms with Crippen molar-refractivity contribution in [3.8, 4) is 0 Å². The van der Waals surface area contributed by atoms with Gasteiger partial charge in [0.15, 0.2) is 0 Å². The number of ether oxygens (including phenoxy) is 1. The summed E-state index contributed by atoms with van der Waals surface area (Å²) in [5.41, 5.74) is 0. The molecule has 2 amide bonds. The predicted molar refractivity (Wildman–Crippen MR) is 93.5 cm³/mol. The fourth-order valence-electron chi connectivity index (χ4n) is 2.88. The fourth-order valence-corrected chi connectivity index (χ4v) is 3.61. The number of nitrogens with one attached hydrogen (secondary N) is 1. The van der Waals surface area contributed by atoms with E-state index in [0.717, 1.165) is 37.7 Å². The first-order valence-corrected chi connectivity index (χ1v) is 9.19. The van der Waals surface area contributed by atoms with Crippen LogP contribution in [0.2, 0.25) is 0 Å². The van der Waals surface area contributed by atoms with Crippen molar-refractivity contribution in [3.05, 3.63) is 17.5 Å². The van der Waals surface area contributed by atoms with E-state index in [1.807, 2.05) is 17.5 Å². The quantitative estimate of drug-likeness (QED) is 0.821. The molecule has 8 heteroatoms. The van der Waals surface area contributed by atoms with Crippen LogP contribution in [0.1, 0.15) is 6.42 Å². The minimum atomic E-state index is -0.339. The predicted octanol–water partition coefficient (Wildman–Crippen LogP) is 0.827. The lowest BCUT2D eigenvalue weighted by Gasteiger charge is -2.32. The first kappa shape index (κ1) is 17.2. The monoisotopic (exact) mass is 352 g/mol. The molecule has 2 aliphatic rings. The van der Waals surface area contributed by atoms with Crippen LogP contribution in [0.5, 0.6) is 0 Å². The molecular formula is C16H24N4O3S. The number of piperazine rings is 1. The molecule has 1 N–H and O–H groups in total. The molecule has 0 bridgehead atoms. The van der Waals surface area contributed by atoms with Gasteiger partial charge in [0, 0.05) is 39.1 Å². The number of hydrogen-bond acceptors (Lipinski definition) is 6. The van der Waals surface area contributed by atoms with Crippen LogP contribution in [0, 0.1) is 0 Å². The lowest BCUT2D eigenvalue weighted by Crippen LogP contribution is -2.45. The Labute approximate surface area is 146 Å². The van der Waals surface area contributed by atoms with Crippen LogP contribution in [0.3, 0.4) is 0 Å². The Morgan fingerprint density at radius 1 is 1.38 bits per heavy atom. The Balaban J connectivity index is 1.35. The summed E-state index contributed by atoms with van der Waals surface area (Å²) in [5, 5.41) is 5.69. The summed E-state index contributed by atoms with van der Waals surface area (Å²) in [6, 6.07) is 3.80. The van der Waals surface area contributed by atoms with Crippen LogP contribution in [-0.4, -0.2) is 80.8 Å². The van der Waals surface area contributed by atoms with Crippen molar-refractivity contribution in [2.75, 3.05) is 57.8 Å². The van der Waals surface area contributed by atoms with Crippen LogP contribution in [0.4, 0.5) is 9.80 Å². The Bertz CT molecular complexity index is 558. The maximum absolute atomic E-state index is 12.0. The molecule has 0 radical (unpaired) electrons. The molecule has 2 saturated heterocycles. The van der Waals surface area contributed by atoms with Gasteiger partial charge in [0.25, 0.3) is 0 Å². The SMILES string of the molecule is CN1CCN(CCC(=O)NCC2CN(c3cccs3)C(=O)O2)CC1. The van der Waals surface area contributed by atoms with Crippen LogP contribution < -0.4 is 10.2 Å². The van der Waals surface area contributed by atoms with Crippen molar-refractivity contribution >= 4 is 28.3 Å². The molecule has 2 fully saturated rings. The summed E-state index contributed by atoms with van der Waals surface area (Å²) in [6.07, 6.45) is -0.139. The zero-order valence-electron chi connectivity index (χ0n) is 13.9. The maximum Gasteiger partial charge on any atom is 0.415 e. The molecule has 0 saturated carbocycles. The number of likely N-dealkylation sites (N-methyl/N-ethyl adjacent to an activating group) is 1. The summed E-state index contributed by atoms with van der Waals surface area (Å²) in [5.74, 6) is 0.0135.